The zero-order chi connectivity index (χ0) is 18.1. The molecule has 2 saturated heterocycles. The third-order valence-electron chi connectivity index (χ3n) is 5.67. The summed E-state index contributed by atoms with van der Waals surface area (Å²) in [4.78, 5) is 15.0. The molecule has 6 nitrogen and oxygen atoms in total. The fourth-order valence-corrected chi connectivity index (χ4v) is 6.67. The van der Waals surface area contributed by atoms with Crippen molar-refractivity contribution in [2.45, 2.75) is 54.8 Å². The van der Waals surface area contributed by atoms with Gasteiger partial charge in [-0.3, -0.25) is 4.79 Å². The van der Waals surface area contributed by atoms with Crippen molar-refractivity contribution in [2.24, 2.45) is 5.92 Å². The van der Waals surface area contributed by atoms with Crippen LogP contribution in [0.3, 0.4) is 0 Å². The van der Waals surface area contributed by atoms with E-state index in [1.807, 2.05) is 0 Å². The van der Waals surface area contributed by atoms with Crippen LogP contribution in [0.25, 0.3) is 0 Å². The molecule has 0 atom stereocenters. The van der Waals surface area contributed by atoms with Gasteiger partial charge in [0.15, 0.2) is 0 Å². The molecule has 0 spiro atoms. The minimum absolute atomic E-state index is 0.154. The van der Waals surface area contributed by atoms with Crippen LogP contribution in [0.2, 0.25) is 0 Å². The van der Waals surface area contributed by atoms with Crippen molar-refractivity contribution in [3.05, 3.63) is 17.5 Å². The average molecular weight is 399 g/mol. The number of hydrogen-bond acceptors (Lipinski definition) is 5. The molecule has 0 radical (unpaired) electrons. The molecule has 1 amide bonds. The summed E-state index contributed by atoms with van der Waals surface area (Å²) < 4.78 is 32.9. The number of thiophene rings is 1. The number of hydrogen-bond donors (Lipinski definition) is 0. The van der Waals surface area contributed by atoms with E-state index in [2.05, 4.69) is 4.90 Å². The average Bonchev–Trinajstić information content (AvgIpc) is 3.36. The molecule has 0 N–H and O–H groups in total. The monoisotopic (exact) mass is 398 g/mol. The first-order valence-electron chi connectivity index (χ1n) is 9.51. The summed E-state index contributed by atoms with van der Waals surface area (Å²) in [6.07, 6.45) is 5.24. The second-order valence-corrected chi connectivity index (χ2v) is 10.5. The fraction of sp³-hybridized carbons (Fsp3) is 0.722. The lowest BCUT2D eigenvalue weighted by molar-refractivity contribution is -0.141. The predicted octanol–water partition coefficient (Wildman–Crippen LogP) is 2.32. The van der Waals surface area contributed by atoms with Gasteiger partial charge < -0.3 is 9.64 Å². The summed E-state index contributed by atoms with van der Waals surface area (Å²) in [5, 5.41) is 1.79. The third-order valence-corrected chi connectivity index (χ3v) is 8.94. The van der Waals surface area contributed by atoms with E-state index in [-0.39, 0.29) is 23.9 Å². The standard InChI is InChI=1S/C18H26N2O4S2/c21-18(14-3-4-14)20(16-7-11-24-12-8-16)15-5-9-19(10-6-15)26(22,23)17-2-1-13-25-17/h1-2,13-16H,3-12H2. The van der Waals surface area contributed by atoms with Crippen LogP contribution in [0.1, 0.15) is 38.5 Å². The normalized spacial score (nSPS) is 23.8. The highest BCUT2D eigenvalue weighted by Crippen LogP contribution is 2.36. The van der Waals surface area contributed by atoms with Crippen LogP contribution in [0.5, 0.6) is 0 Å². The van der Waals surface area contributed by atoms with E-state index in [9.17, 15) is 13.2 Å². The van der Waals surface area contributed by atoms with Gasteiger partial charge in [0, 0.05) is 44.3 Å². The smallest absolute Gasteiger partial charge is 0.252 e. The Balaban J connectivity index is 1.45. The number of carbonyl (C=O) groups is 1. The van der Waals surface area contributed by atoms with Gasteiger partial charge in [-0.2, -0.15) is 4.31 Å². The first kappa shape index (κ1) is 18.4. The van der Waals surface area contributed by atoms with E-state index in [1.54, 1.807) is 21.8 Å². The molecule has 0 unspecified atom stereocenters. The van der Waals surface area contributed by atoms with Crippen molar-refractivity contribution in [3.63, 3.8) is 0 Å². The van der Waals surface area contributed by atoms with E-state index in [1.165, 1.54) is 11.3 Å². The van der Waals surface area contributed by atoms with Gasteiger partial charge in [-0.25, -0.2) is 8.42 Å². The van der Waals surface area contributed by atoms with Crippen LogP contribution >= 0.6 is 11.3 Å². The minimum Gasteiger partial charge on any atom is -0.381 e. The lowest BCUT2D eigenvalue weighted by Crippen LogP contribution is -2.54. The van der Waals surface area contributed by atoms with Crippen LogP contribution in [0.15, 0.2) is 21.7 Å². The number of carbonyl (C=O) groups excluding carboxylic acids is 1. The Bertz CT molecular complexity index is 716. The third kappa shape index (κ3) is 3.69. The molecule has 1 saturated carbocycles. The summed E-state index contributed by atoms with van der Waals surface area (Å²) in [5.74, 6) is 0.488. The molecule has 3 fully saturated rings. The van der Waals surface area contributed by atoms with Crippen LogP contribution in [-0.2, 0) is 19.6 Å². The molecule has 26 heavy (non-hydrogen) atoms. The Morgan fingerprint density at radius 3 is 2.31 bits per heavy atom. The second-order valence-electron chi connectivity index (χ2n) is 7.43. The van der Waals surface area contributed by atoms with Gasteiger partial charge in [0.2, 0.25) is 5.91 Å². The van der Waals surface area contributed by atoms with Crippen LogP contribution in [-0.4, -0.2) is 61.9 Å². The van der Waals surface area contributed by atoms with Gasteiger partial charge in [0.1, 0.15) is 4.21 Å². The van der Waals surface area contributed by atoms with Crippen molar-refractivity contribution >= 4 is 27.3 Å². The Kier molecular flexibility index (Phi) is 5.36. The summed E-state index contributed by atoms with van der Waals surface area (Å²) in [5.41, 5.74) is 0. The molecule has 144 valence electrons. The Morgan fingerprint density at radius 1 is 1.08 bits per heavy atom. The molecular formula is C18H26N2O4S2. The van der Waals surface area contributed by atoms with Crippen molar-refractivity contribution in [1.82, 2.24) is 9.21 Å². The van der Waals surface area contributed by atoms with E-state index >= 15 is 0 Å². The number of rotatable bonds is 5. The predicted molar refractivity (Wildman–Crippen MR) is 99.5 cm³/mol. The molecule has 8 heteroatoms. The van der Waals surface area contributed by atoms with E-state index in [0.29, 0.717) is 30.5 Å². The first-order chi connectivity index (χ1) is 12.6. The number of piperidine rings is 1. The number of amides is 1. The number of sulfonamides is 1. The highest BCUT2D eigenvalue weighted by molar-refractivity contribution is 7.91. The van der Waals surface area contributed by atoms with Crippen LogP contribution < -0.4 is 0 Å². The van der Waals surface area contributed by atoms with Gasteiger partial charge >= 0.3 is 0 Å². The Hall–Kier alpha value is -0.960. The van der Waals surface area contributed by atoms with Gasteiger partial charge in [-0.05, 0) is 50.0 Å². The number of ether oxygens (including phenoxy) is 1. The number of nitrogens with zero attached hydrogens (tertiary/aromatic N) is 2. The van der Waals surface area contributed by atoms with E-state index < -0.39 is 10.0 Å². The van der Waals surface area contributed by atoms with Crippen LogP contribution in [0, 0.1) is 5.92 Å². The lowest BCUT2D eigenvalue weighted by atomic mass is 9.98. The topological polar surface area (TPSA) is 66.9 Å². The molecule has 0 bridgehead atoms. The maximum atomic E-state index is 12.9. The first-order valence-corrected chi connectivity index (χ1v) is 11.8. The molecule has 3 aliphatic rings. The molecule has 2 aliphatic heterocycles. The van der Waals surface area contributed by atoms with E-state index in [0.717, 1.165) is 38.5 Å². The molecule has 1 aliphatic carbocycles. The maximum absolute atomic E-state index is 12.9. The second kappa shape index (κ2) is 7.58. The molecule has 1 aromatic heterocycles. The van der Waals surface area contributed by atoms with Gasteiger partial charge in [0.05, 0.1) is 0 Å². The van der Waals surface area contributed by atoms with Crippen LogP contribution in [0.4, 0.5) is 0 Å². The summed E-state index contributed by atoms with van der Waals surface area (Å²) in [6.45, 7) is 2.40. The lowest BCUT2D eigenvalue weighted by Gasteiger charge is -2.43. The Labute approximate surface area is 159 Å². The summed E-state index contributed by atoms with van der Waals surface area (Å²) in [6, 6.07) is 3.84. The van der Waals surface area contributed by atoms with E-state index in [4.69, 9.17) is 4.74 Å². The van der Waals surface area contributed by atoms with Gasteiger partial charge in [-0.1, -0.05) is 6.07 Å². The summed E-state index contributed by atoms with van der Waals surface area (Å²) >= 11 is 1.26. The molecule has 3 heterocycles. The van der Waals surface area contributed by atoms with Crippen molar-refractivity contribution in [1.29, 1.82) is 0 Å². The minimum atomic E-state index is -3.39. The quantitative estimate of drug-likeness (QED) is 0.763. The van der Waals surface area contributed by atoms with Gasteiger partial charge in [0.25, 0.3) is 10.0 Å². The van der Waals surface area contributed by atoms with Crippen molar-refractivity contribution < 1.29 is 17.9 Å². The zero-order valence-electron chi connectivity index (χ0n) is 14.9. The molecular weight excluding hydrogens is 372 g/mol. The molecule has 0 aromatic carbocycles. The molecule has 1 aromatic rings. The maximum Gasteiger partial charge on any atom is 0.252 e. The van der Waals surface area contributed by atoms with Crippen molar-refractivity contribution in [2.75, 3.05) is 26.3 Å². The highest BCUT2D eigenvalue weighted by Gasteiger charge is 2.41. The Morgan fingerprint density at radius 2 is 1.73 bits per heavy atom. The fourth-order valence-electron chi connectivity index (χ4n) is 4.06. The summed E-state index contributed by atoms with van der Waals surface area (Å²) in [7, 11) is -3.39. The largest absolute Gasteiger partial charge is 0.381 e. The highest BCUT2D eigenvalue weighted by atomic mass is 32.2. The molecule has 4 rings (SSSR count). The van der Waals surface area contributed by atoms with Gasteiger partial charge in [-0.15, -0.1) is 11.3 Å². The van der Waals surface area contributed by atoms with Crippen molar-refractivity contribution in [3.8, 4) is 0 Å². The SMILES string of the molecule is O=C(C1CC1)N(C1CCOCC1)C1CCN(S(=O)(=O)c2cccs2)CC1. The zero-order valence-corrected chi connectivity index (χ0v) is 16.5.